The molecule has 0 amide bonds. The Morgan fingerprint density at radius 1 is 1.44 bits per heavy atom. The lowest BCUT2D eigenvalue weighted by molar-refractivity contribution is 0.569. The van der Waals surface area contributed by atoms with Crippen LogP contribution in [0.4, 0.5) is 4.39 Å². The first kappa shape index (κ1) is 15.2. The summed E-state index contributed by atoms with van der Waals surface area (Å²) in [6, 6.07) is 4.90. The van der Waals surface area contributed by atoms with Crippen LogP contribution >= 0.6 is 11.6 Å². The molecule has 3 heteroatoms. The lowest BCUT2D eigenvalue weighted by Gasteiger charge is -2.09. The maximum atomic E-state index is 13.3. The molecule has 1 aromatic carbocycles. The van der Waals surface area contributed by atoms with Gasteiger partial charge in [-0.15, -0.1) is 0 Å². The van der Waals surface area contributed by atoms with E-state index in [9.17, 15) is 4.39 Å². The van der Waals surface area contributed by atoms with E-state index in [0.29, 0.717) is 5.92 Å². The Hall–Kier alpha value is -0.860. The molecule has 0 saturated heterocycles. The number of halogens is 2. The molecule has 18 heavy (non-hydrogen) atoms. The molecule has 0 saturated carbocycles. The summed E-state index contributed by atoms with van der Waals surface area (Å²) in [5, 5.41) is 3.56. The van der Waals surface area contributed by atoms with Crippen LogP contribution in [-0.2, 0) is 0 Å². The van der Waals surface area contributed by atoms with Gasteiger partial charge in [0.05, 0.1) is 5.02 Å². The van der Waals surface area contributed by atoms with Gasteiger partial charge in [-0.3, -0.25) is 0 Å². The highest BCUT2D eigenvalue weighted by Crippen LogP contribution is 2.18. The van der Waals surface area contributed by atoms with E-state index in [-0.39, 0.29) is 10.8 Å². The standard InChI is InChI=1S/C15H21ClFN/c1-4-12(10-18-9-11(2)3)7-13-5-6-14(16)15(17)8-13/h5-8,11,18H,4,9-10H2,1-3H3. The third-order valence-electron chi connectivity index (χ3n) is 2.67. The van der Waals surface area contributed by atoms with Crippen molar-refractivity contribution in [2.24, 2.45) is 5.92 Å². The maximum absolute atomic E-state index is 13.3. The first-order valence-electron chi connectivity index (χ1n) is 6.38. The number of hydrogen-bond donors (Lipinski definition) is 1. The summed E-state index contributed by atoms with van der Waals surface area (Å²) in [6.45, 7) is 8.30. The Morgan fingerprint density at radius 3 is 2.72 bits per heavy atom. The Kier molecular flexibility index (Phi) is 6.37. The summed E-state index contributed by atoms with van der Waals surface area (Å²) in [5.74, 6) is 0.270. The van der Waals surface area contributed by atoms with Gasteiger partial charge in [0, 0.05) is 6.54 Å². The smallest absolute Gasteiger partial charge is 0.142 e. The Bertz CT molecular complexity index is 413. The second kappa shape index (κ2) is 7.55. The van der Waals surface area contributed by atoms with E-state index in [0.717, 1.165) is 25.1 Å². The van der Waals surface area contributed by atoms with Gasteiger partial charge in [-0.2, -0.15) is 0 Å². The molecule has 1 rings (SSSR count). The highest BCUT2D eigenvalue weighted by atomic mass is 35.5. The van der Waals surface area contributed by atoms with Crippen molar-refractivity contribution in [1.29, 1.82) is 0 Å². The van der Waals surface area contributed by atoms with E-state index in [2.05, 4.69) is 26.1 Å². The minimum Gasteiger partial charge on any atom is -0.313 e. The van der Waals surface area contributed by atoms with Crippen LogP contribution in [0.1, 0.15) is 32.8 Å². The first-order valence-corrected chi connectivity index (χ1v) is 6.76. The second-order valence-electron chi connectivity index (χ2n) is 4.85. The zero-order chi connectivity index (χ0) is 13.5. The third-order valence-corrected chi connectivity index (χ3v) is 2.98. The Balaban J connectivity index is 2.68. The average Bonchev–Trinajstić information content (AvgIpc) is 2.32. The van der Waals surface area contributed by atoms with Gasteiger partial charge in [0.15, 0.2) is 0 Å². The molecule has 0 fully saturated rings. The van der Waals surface area contributed by atoms with E-state index < -0.39 is 0 Å². The van der Waals surface area contributed by atoms with Crippen molar-refractivity contribution in [1.82, 2.24) is 5.32 Å². The molecule has 0 heterocycles. The maximum Gasteiger partial charge on any atom is 0.142 e. The fraction of sp³-hybridized carbons (Fsp3) is 0.467. The summed E-state index contributed by atoms with van der Waals surface area (Å²) >= 11 is 5.66. The van der Waals surface area contributed by atoms with Gasteiger partial charge in [0.2, 0.25) is 0 Å². The lowest BCUT2D eigenvalue weighted by Crippen LogP contribution is -2.21. The molecule has 0 aliphatic carbocycles. The van der Waals surface area contributed by atoms with Gasteiger partial charge in [-0.1, -0.05) is 50.1 Å². The molecule has 0 unspecified atom stereocenters. The molecular weight excluding hydrogens is 249 g/mol. The fourth-order valence-electron chi connectivity index (χ4n) is 1.64. The molecular formula is C15H21ClFN. The number of hydrogen-bond acceptors (Lipinski definition) is 1. The van der Waals surface area contributed by atoms with Crippen molar-refractivity contribution in [2.45, 2.75) is 27.2 Å². The monoisotopic (exact) mass is 269 g/mol. The summed E-state index contributed by atoms with van der Waals surface area (Å²) in [4.78, 5) is 0. The summed E-state index contributed by atoms with van der Waals surface area (Å²) in [5.41, 5.74) is 2.12. The molecule has 0 bridgehead atoms. The minimum absolute atomic E-state index is 0.170. The van der Waals surface area contributed by atoms with E-state index in [1.54, 1.807) is 6.07 Å². The Labute approximate surface area is 114 Å². The van der Waals surface area contributed by atoms with Crippen molar-refractivity contribution in [3.8, 4) is 0 Å². The normalized spacial score (nSPS) is 12.2. The SMILES string of the molecule is CCC(=Cc1ccc(Cl)c(F)c1)CNCC(C)C. The van der Waals surface area contributed by atoms with Crippen molar-refractivity contribution < 1.29 is 4.39 Å². The molecule has 0 aromatic heterocycles. The fourth-order valence-corrected chi connectivity index (χ4v) is 1.75. The molecule has 100 valence electrons. The van der Waals surface area contributed by atoms with Crippen molar-refractivity contribution in [3.63, 3.8) is 0 Å². The van der Waals surface area contributed by atoms with Gasteiger partial charge in [0.1, 0.15) is 5.82 Å². The third kappa shape index (κ3) is 5.19. The van der Waals surface area contributed by atoms with Gasteiger partial charge in [0.25, 0.3) is 0 Å². The minimum atomic E-state index is -0.365. The van der Waals surface area contributed by atoms with Gasteiger partial charge >= 0.3 is 0 Å². The number of benzene rings is 1. The van der Waals surface area contributed by atoms with E-state index >= 15 is 0 Å². The van der Waals surface area contributed by atoms with Gasteiger partial charge < -0.3 is 5.32 Å². The average molecular weight is 270 g/mol. The predicted octanol–water partition coefficient (Wildman–Crippen LogP) is 4.52. The van der Waals surface area contributed by atoms with Crippen LogP contribution in [0.3, 0.4) is 0 Å². The quantitative estimate of drug-likeness (QED) is 0.801. The van der Waals surface area contributed by atoms with E-state index in [1.165, 1.54) is 11.6 Å². The lowest BCUT2D eigenvalue weighted by atomic mass is 10.1. The largest absolute Gasteiger partial charge is 0.313 e. The zero-order valence-electron chi connectivity index (χ0n) is 11.3. The van der Waals surface area contributed by atoms with Crippen LogP contribution in [0.25, 0.3) is 6.08 Å². The van der Waals surface area contributed by atoms with Crippen molar-refractivity contribution in [2.75, 3.05) is 13.1 Å². The molecule has 1 N–H and O–H groups in total. The predicted molar refractivity (Wildman–Crippen MR) is 77.4 cm³/mol. The number of nitrogens with one attached hydrogen (secondary N) is 1. The molecule has 0 spiro atoms. The highest BCUT2D eigenvalue weighted by molar-refractivity contribution is 6.30. The van der Waals surface area contributed by atoms with Crippen LogP contribution in [-0.4, -0.2) is 13.1 Å². The van der Waals surface area contributed by atoms with Crippen LogP contribution in [0, 0.1) is 11.7 Å². The second-order valence-corrected chi connectivity index (χ2v) is 5.26. The number of rotatable bonds is 6. The molecule has 0 aliphatic rings. The molecule has 1 nitrogen and oxygen atoms in total. The topological polar surface area (TPSA) is 12.0 Å². The van der Waals surface area contributed by atoms with E-state index in [4.69, 9.17) is 11.6 Å². The van der Waals surface area contributed by atoms with E-state index in [1.807, 2.05) is 12.1 Å². The van der Waals surface area contributed by atoms with Crippen molar-refractivity contribution >= 4 is 17.7 Å². The summed E-state index contributed by atoms with van der Waals surface area (Å²) < 4.78 is 13.3. The molecule has 0 atom stereocenters. The van der Waals surface area contributed by atoms with Crippen LogP contribution in [0.15, 0.2) is 23.8 Å². The van der Waals surface area contributed by atoms with Crippen LogP contribution < -0.4 is 5.32 Å². The van der Waals surface area contributed by atoms with Crippen molar-refractivity contribution in [3.05, 3.63) is 40.2 Å². The van der Waals surface area contributed by atoms with Crippen LogP contribution in [0.5, 0.6) is 0 Å². The van der Waals surface area contributed by atoms with Crippen LogP contribution in [0.2, 0.25) is 5.02 Å². The Morgan fingerprint density at radius 2 is 2.17 bits per heavy atom. The molecule has 1 aromatic rings. The van der Waals surface area contributed by atoms with Gasteiger partial charge in [-0.25, -0.2) is 4.39 Å². The molecule has 0 aliphatic heterocycles. The summed E-state index contributed by atoms with van der Waals surface area (Å²) in [7, 11) is 0. The zero-order valence-corrected chi connectivity index (χ0v) is 12.0. The van der Waals surface area contributed by atoms with Gasteiger partial charge in [-0.05, 0) is 36.6 Å². The summed E-state index contributed by atoms with van der Waals surface area (Å²) in [6.07, 6.45) is 2.97. The first-order chi connectivity index (χ1) is 8.52. The molecule has 0 radical (unpaired) electrons. The highest BCUT2D eigenvalue weighted by Gasteiger charge is 2.01.